The summed E-state index contributed by atoms with van der Waals surface area (Å²) in [5.74, 6) is -1.48. The molecule has 0 aliphatic carbocycles. The van der Waals surface area contributed by atoms with Crippen LogP contribution in [-0.4, -0.2) is 44.3 Å². The van der Waals surface area contributed by atoms with Gasteiger partial charge in [0.1, 0.15) is 0 Å². The van der Waals surface area contributed by atoms with Crippen LogP contribution in [0.5, 0.6) is 0 Å². The Morgan fingerprint density at radius 2 is 1.62 bits per heavy atom. The maximum Gasteiger partial charge on any atom is 0.341 e. The van der Waals surface area contributed by atoms with Gasteiger partial charge in [0.05, 0.1) is 20.5 Å². The molecule has 0 spiro atoms. The second-order valence-corrected chi connectivity index (χ2v) is 8.59. The molecule has 2 rings (SSSR count). The molecule has 0 aromatic heterocycles. The van der Waals surface area contributed by atoms with Crippen LogP contribution in [0.2, 0.25) is 10.0 Å². The molecule has 0 saturated carbocycles. The normalized spacial score (nSPS) is 11.3. The summed E-state index contributed by atoms with van der Waals surface area (Å²) in [5, 5.41) is 2.72. The van der Waals surface area contributed by atoms with Crippen molar-refractivity contribution in [2.45, 2.75) is 18.7 Å². The molecule has 0 saturated heterocycles. The van der Waals surface area contributed by atoms with Crippen LogP contribution in [0.25, 0.3) is 0 Å². The van der Waals surface area contributed by atoms with Crippen molar-refractivity contribution >= 4 is 50.8 Å². The van der Waals surface area contributed by atoms with E-state index in [1.165, 1.54) is 40.7 Å². The summed E-state index contributed by atoms with van der Waals surface area (Å²) in [6.07, 6.45) is 0. The van der Waals surface area contributed by atoms with Crippen molar-refractivity contribution in [2.75, 3.05) is 25.0 Å². The summed E-state index contributed by atoms with van der Waals surface area (Å²) in [4.78, 5) is 24.3. The van der Waals surface area contributed by atoms with E-state index in [-0.39, 0.29) is 26.2 Å². The zero-order chi connectivity index (χ0) is 21.6. The van der Waals surface area contributed by atoms with Gasteiger partial charge in [-0.15, -0.1) is 0 Å². The zero-order valence-electron chi connectivity index (χ0n) is 15.8. The molecule has 0 bridgehead atoms. The Morgan fingerprint density at radius 3 is 2.21 bits per heavy atom. The van der Waals surface area contributed by atoms with E-state index in [0.717, 1.165) is 0 Å². The Morgan fingerprint density at radius 1 is 1.03 bits per heavy atom. The third-order valence-corrected chi connectivity index (χ3v) is 6.64. The smallest absolute Gasteiger partial charge is 0.341 e. The van der Waals surface area contributed by atoms with E-state index < -0.39 is 28.5 Å². The van der Waals surface area contributed by atoms with Gasteiger partial charge in [-0.1, -0.05) is 49.2 Å². The Bertz CT molecular complexity index is 987. The molecule has 0 fully saturated rings. The number of carbonyl (C=O) groups excluding carboxylic acids is 2. The lowest BCUT2D eigenvalue weighted by molar-refractivity contribution is -0.119. The number of rotatable bonds is 8. The summed E-state index contributed by atoms with van der Waals surface area (Å²) < 4.78 is 31.4. The van der Waals surface area contributed by atoms with E-state index in [1.807, 2.05) is 0 Å². The number of anilines is 1. The SMILES string of the molecule is CCN(CC)S(=O)(=O)c1cccc(NC(=O)COC(=O)c2c(Cl)cccc2Cl)c1. The van der Waals surface area contributed by atoms with Crippen molar-refractivity contribution in [3.05, 3.63) is 58.1 Å². The second-order valence-electron chi connectivity index (χ2n) is 5.84. The van der Waals surface area contributed by atoms with Gasteiger partial charge in [0, 0.05) is 18.8 Å². The number of halogens is 2. The van der Waals surface area contributed by atoms with Gasteiger partial charge in [0.25, 0.3) is 5.91 Å². The van der Waals surface area contributed by atoms with Crippen LogP contribution in [0.4, 0.5) is 5.69 Å². The number of carbonyl (C=O) groups is 2. The van der Waals surface area contributed by atoms with E-state index in [1.54, 1.807) is 19.9 Å². The maximum absolute atomic E-state index is 12.6. The molecule has 1 N–H and O–H groups in total. The number of sulfonamides is 1. The van der Waals surface area contributed by atoms with Crippen LogP contribution in [0.1, 0.15) is 24.2 Å². The van der Waals surface area contributed by atoms with Gasteiger partial charge >= 0.3 is 5.97 Å². The zero-order valence-corrected chi connectivity index (χ0v) is 18.1. The van der Waals surface area contributed by atoms with Gasteiger partial charge in [0.2, 0.25) is 10.0 Å². The maximum atomic E-state index is 12.6. The predicted octanol–water partition coefficient (Wildman–Crippen LogP) is 3.82. The van der Waals surface area contributed by atoms with Crippen LogP contribution in [0.15, 0.2) is 47.4 Å². The van der Waals surface area contributed by atoms with E-state index >= 15 is 0 Å². The summed E-state index contributed by atoms with van der Waals surface area (Å²) in [5.41, 5.74) is 0.228. The monoisotopic (exact) mass is 458 g/mol. The van der Waals surface area contributed by atoms with Crippen LogP contribution in [0, 0.1) is 0 Å². The van der Waals surface area contributed by atoms with Crippen LogP contribution in [-0.2, 0) is 19.6 Å². The molecule has 0 radical (unpaired) electrons. The summed E-state index contributed by atoms with van der Waals surface area (Å²) >= 11 is 11.9. The molecule has 156 valence electrons. The minimum absolute atomic E-state index is 0.0315. The van der Waals surface area contributed by atoms with Crippen molar-refractivity contribution in [1.82, 2.24) is 4.31 Å². The lowest BCUT2D eigenvalue weighted by atomic mass is 10.2. The first-order valence-electron chi connectivity index (χ1n) is 8.71. The molecule has 0 unspecified atom stereocenters. The number of nitrogens with one attached hydrogen (secondary N) is 1. The molecule has 29 heavy (non-hydrogen) atoms. The van der Waals surface area contributed by atoms with E-state index in [9.17, 15) is 18.0 Å². The number of amides is 1. The predicted molar refractivity (Wildman–Crippen MR) is 112 cm³/mol. The molecule has 2 aromatic rings. The fourth-order valence-corrected chi connectivity index (χ4v) is 4.60. The van der Waals surface area contributed by atoms with E-state index in [4.69, 9.17) is 27.9 Å². The van der Waals surface area contributed by atoms with Crippen LogP contribution >= 0.6 is 23.2 Å². The average Bonchev–Trinajstić information content (AvgIpc) is 2.67. The number of nitrogens with zero attached hydrogens (tertiary/aromatic N) is 1. The molecule has 0 aliphatic rings. The first kappa shape index (κ1) is 23.2. The topological polar surface area (TPSA) is 92.8 Å². The largest absolute Gasteiger partial charge is 0.452 e. The minimum atomic E-state index is -3.66. The van der Waals surface area contributed by atoms with Gasteiger partial charge in [-0.3, -0.25) is 4.79 Å². The van der Waals surface area contributed by atoms with Crippen molar-refractivity contribution in [3.63, 3.8) is 0 Å². The molecule has 7 nitrogen and oxygen atoms in total. The molecule has 0 atom stereocenters. The van der Waals surface area contributed by atoms with Crippen LogP contribution < -0.4 is 5.32 Å². The Kier molecular flexibility index (Phi) is 8.04. The third-order valence-electron chi connectivity index (χ3n) is 3.96. The van der Waals surface area contributed by atoms with Gasteiger partial charge in [-0.25, -0.2) is 13.2 Å². The highest BCUT2D eigenvalue weighted by molar-refractivity contribution is 7.89. The van der Waals surface area contributed by atoms with Crippen molar-refractivity contribution in [3.8, 4) is 0 Å². The summed E-state index contributed by atoms with van der Waals surface area (Å²) in [6, 6.07) is 10.4. The van der Waals surface area contributed by atoms with Crippen molar-refractivity contribution in [1.29, 1.82) is 0 Å². The fourth-order valence-electron chi connectivity index (χ4n) is 2.54. The molecule has 1 amide bonds. The Labute approximate surface area is 179 Å². The van der Waals surface area contributed by atoms with Gasteiger partial charge in [-0.2, -0.15) is 4.31 Å². The number of hydrogen-bond acceptors (Lipinski definition) is 5. The molecular formula is C19H20Cl2N2O5S. The van der Waals surface area contributed by atoms with Gasteiger partial charge in [-0.05, 0) is 30.3 Å². The first-order valence-corrected chi connectivity index (χ1v) is 10.9. The second kappa shape index (κ2) is 10.1. The number of ether oxygens (including phenoxy) is 1. The molecule has 10 heteroatoms. The summed E-state index contributed by atoms with van der Waals surface area (Å²) in [6.45, 7) is 3.55. The third kappa shape index (κ3) is 5.70. The van der Waals surface area contributed by atoms with Gasteiger partial charge in [0.15, 0.2) is 6.61 Å². The molecule has 0 aliphatic heterocycles. The minimum Gasteiger partial charge on any atom is -0.452 e. The molecule has 2 aromatic carbocycles. The number of benzene rings is 2. The quantitative estimate of drug-likeness (QED) is 0.606. The standard InChI is InChI=1S/C19H20Cl2N2O5S/c1-3-23(4-2)29(26,27)14-8-5-7-13(11-14)22-17(24)12-28-19(25)18-15(20)9-6-10-16(18)21/h5-11H,3-4,12H2,1-2H3,(H,22,24). The lowest BCUT2D eigenvalue weighted by Gasteiger charge is -2.18. The highest BCUT2D eigenvalue weighted by Gasteiger charge is 2.22. The average molecular weight is 459 g/mol. The Balaban J connectivity index is 2.06. The highest BCUT2D eigenvalue weighted by atomic mass is 35.5. The summed E-state index contributed by atoms with van der Waals surface area (Å²) in [7, 11) is -3.66. The number of esters is 1. The molecule has 0 heterocycles. The molecular weight excluding hydrogens is 439 g/mol. The highest BCUT2D eigenvalue weighted by Crippen LogP contribution is 2.25. The fraction of sp³-hybridized carbons (Fsp3) is 0.263. The van der Waals surface area contributed by atoms with Crippen molar-refractivity contribution in [2.24, 2.45) is 0 Å². The van der Waals surface area contributed by atoms with Gasteiger partial charge < -0.3 is 10.1 Å². The van der Waals surface area contributed by atoms with E-state index in [2.05, 4.69) is 5.32 Å². The Hall–Kier alpha value is -2.13. The van der Waals surface area contributed by atoms with Crippen molar-refractivity contribution < 1.29 is 22.7 Å². The first-order chi connectivity index (χ1) is 13.7. The van der Waals surface area contributed by atoms with Crippen LogP contribution in [0.3, 0.4) is 0 Å². The lowest BCUT2D eigenvalue weighted by Crippen LogP contribution is -2.30. The van der Waals surface area contributed by atoms with E-state index in [0.29, 0.717) is 13.1 Å². The number of hydrogen-bond donors (Lipinski definition) is 1.